The molecule has 1 heterocycles. The van der Waals surface area contributed by atoms with Crippen molar-refractivity contribution >= 4 is 38.6 Å². The monoisotopic (exact) mass is 415 g/mol. The van der Waals surface area contributed by atoms with Crippen LogP contribution in [0.15, 0.2) is 57.8 Å². The minimum atomic E-state index is -1.23. The summed E-state index contributed by atoms with van der Waals surface area (Å²) in [4.78, 5) is 36.7. The average molecular weight is 416 g/mol. The van der Waals surface area contributed by atoms with Crippen molar-refractivity contribution in [2.45, 2.75) is 6.54 Å². The van der Waals surface area contributed by atoms with Crippen molar-refractivity contribution in [1.82, 2.24) is 4.57 Å². The van der Waals surface area contributed by atoms with Crippen LogP contribution in [0.2, 0.25) is 0 Å². The predicted molar refractivity (Wildman–Crippen MR) is 100 cm³/mol. The number of aliphatic carboxylic acids is 1. The molecular formula is C19H14BrNO5. The summed E-state index contributed by atoms with van der Waals surface area (Å²) in [5, 5.41) is 10.1. The number of fused-ring (bicyclic) bond motifs is 1. The zero-order valence-electron chi connectivity index (χ0n) is 13.7. The van der Waals surface area contributed by atoms with Gasteiger partial charge in [-0.1, -0.05) is 46.3 Å². The lowest BCUT2D eigenvalue weighted by Crippen LogP contribution is -2.30. The molecule has 0 aliphatic carbocycles. The van der Waals surface area contributed by atoms with Gasteiger partial charge in [0.25, 0.3) is 5.56 Å². The number of carbonyl (C=O) groups is 2. The number of benzene rings is 2. The van der Waals surface area contributed by atoms with Gasteiger partial charge in [0.15, 0.2) is 0 Å². The Morgan fingerprint density at radius 3 is 2.42 bits per heavy atom. The van der Waals surface area contributed by atoms with Crippen LogP contribution in [0, 0.1) is 0 Å². The number of methoxy groups -OCH3 is 1. The van der Waals surface area contributed by atoms with Crippen LogP contribution >= 0.6 is 15.9 Å². The van der Waals surface area contributed by atoms with Gasteiger partial charge >= 0.3 is 11.9 Å². The van der Waals surface area contributed by atoms with E-state index < -0.39 is 24.0 Å². The Bertz CT molecular complexity index is 1070. The Morgan fingerprint density at radius 2 is 1.81 bits per heavy atom. The van der Waals surface area contributed by atoms with Gasteiger partial charge in [0.2, 0.25) is 0 Å². The van der Waals surface area contributed by atoms with Crippen LogP contribution in [0.1, 0.15) is 10.5 Å². The summed E-state index contributed by atoms with van der Waals surface area (Å²) in [6.45, 7) is -0.644. The number of pyridine rings is 1. The summed E-state index contributed by atoms with van der Waals surface area (Å²) < 4.78 is 6.53. The summed E-state index contributed by atoms with van der Waals surface area (Å²) in [5.41, 5.74) is 0.483. The molecule has 26 heavy (non-hydrogen) atoms. The second-order valence-corrected chi connectivity index (χ2v) is 6.47. The molecule has 0 spiro atoms. The molecule has 0 amide bonds. The number of carbonyl (C=O) groups excluding carboxylic acids is 1. The molecule has 2 aromatic carbocycles. The van der Waals surface area contributed by atoms with E-state index in [2.05, 4.69) is 15.9 Å². The standard InChI is InChI=1S/C19H14BrNO5/c1-26-19(25)17-16(11-5-3-2-4-6-11)14-9-12(20)7-8-13(14)18(24)21(17)10-15(22)23/h2-9H,10H2,1H3,(H,22,23). The highest BCUT2D eigenvalue weighted by Crippen LogP contribution is 2.32. The maximum Gasteiger partial charge on any atom is 0.355 e. The number of rotatable bonds is 4. The predicted octanol–water partition coefficient (Wildman–Crippen LogP) is 3.30. The number of hydrogen-bond donors (Lipinski definition) is 1. The third-order valence-corrected chi connectivity index (χ3v) is 4.46. The third-order valence-electron chi connectivity index (χ3n) is 3.97. The Kier molecular flexibility index (Phi) is 4.90. The smallest absolute Gasteiger partial charge is 0.355 e. The van der Waals surface area contributed by atoms with Crippen molar-refractivity contribution < 1.29 is 19.4 Å². The van der Waals surface area contributed by atoms with Crippen LogP contribution in [0.3, 0.4) is 0 Å². The average Bonchev–Trinajstić information content (AvgIpc) is 2.63. The number of halogens is 1. The van der Waals surface area contributed by atoms with Crippen LogP contribution in [0.4, 0.5) is 0 Å². The highest BCUT2D eigenvalue weighted by atomic mass is 79.9. The minimum Gasteiger partial charge on any atom is -0.480 e. The van der Waals surface area contributed by atoms with E-state index in [4.69, 9.17) is 4.74 Å². The molecule has 0 unspecified atom stereocenters. The van der Waals surface area contributed by atoms with Crippen LogP contribution in [-0.4, -0.2) is 28.7 Å². The quantitative estimate of drug-likeness (QED) is 0.660. The SMILES string of the molecule is COC(=O)c1c(-c2ccccc2)c2cc(Br)ccc2c(=O)n1CC(=O)O. The molecule has 1 N–H and O–H groups in total. The van der Waals surface area contributed by atoms with Crippen molar-refractivity contribution in [3.05, 3.63) is 69.1 Å². The molecule has 1 aromatic heterocycles. The largest absolute Gasteiger partial charge is 0.480 e. The summed E-state index contributed by atoms with van der Waals surface area (Å²) in [6, 6.07) is 14.0. The molecule has 6 nitrogen and oxygen atoms in total. The van der Waals surface area contributed by atoms with Gasteiger partial charge < -0.3 is 9.84 Å². The van der Waals surface area contributed by atoms with Crippen LogP contribution in [-0.2, 0) is 16.1 Å². The van der Waals surface area contributed by atoms with Crippen molar-refractivity contribution in [1.29, 1.82) is 0 Å². The second kappa shape index (κ2) is 7.13. The van der Waals surface area contributed by atoms with Crippen molar-refractivity contribution in [2.24, 2.45) is 0 Å². The van der Waals surface area contributed by atoms with E-state index in [1.54, 1.807) is 42.5 Å². The first-order valence-corrected chi connectivity index (χ1v) is 8.45. The van der Waals surface area contributed by atoms with E-state index in [9.17, 15) is 19.5 Å². The molecule has 0 bridgehead atoms. The Balaban J connectivity index is 2.56. The maximum atomic E-state index is 12.9. The number of aromatic nitrogens is 1. The van der Waals surface area contributed by atoms with Gasteiger partial charge in [-0.25, -0.2) is 4.79 Å². The maximum absolute atomic E-state index is 12.9. The number of carboxylic acid groups (broad SMARTS) is 1. The van der Waals surface area contributed by atoms with Gasteiger partial charge in [0, 0.05) is 15.4 Å². The fourth-order valence-corrected chi connectivity index (χ4v) is 3.27. The highest BCUT2D eigenvalue weighted by Gasteiger charge is 2.25. The van der Waals surface area contributed by atoms with E-state index in [0.29, 0.717) is 21.9 Å². The molecule has 132 valence electrons. The first kappa shape index (κ1) is 17.9. The Morgan fingerprint density at radius 1 is 1.12 bits per heavy atom. The number of hydrogen-bond acceptors (Lipinski definition) is 4. The first-order chi connectivity index (χ1) is 12.4. The zero-order valence-corrected chi connectivity index (χ0v) is 15.3. The van der Waals surface area contributed by atoms with E-state index >= 15 is 0 Å². The van der Waals surface area contributed by atoms with Crippen LogP contribution < -0.4 is 5.56 Å². The van der Waals surface area contributed by atoms with Gasteiger partial charge in [0.05, 0.1) is 7.11 Å². The lowest BCUT2D eigenvalue weighted by molar-refractivity contribution is -0.137. The molecule has 0 atom stereocenters. The zero-order chi connectivity index (χ0) is 18.8. The van der Waals surface area contributed by atoms with E-state index in [0.717, 1.165) is 9.04 Å². The number of esters is 1. The summed E-state index contributed by atoms with van der Waals surface area (Å²) in [6.07, 6.45) is 0. The van der Waals surface area contributed by atoms with Crippen molar-refractivity contribution in [3.8, 4) is 11.1 Å². The van der Waals surface area contributed by atoms with Gasteiger partial charge in [-0.15, -0.1) is 0 Å². The number of nitrogens with zero attached hydrogens (tertiary/aromatic N) is 1. The molecule has 0 fully saturated rings. The molecule has 0 aliphatic rings. The molecular weight excluding hydrogens is 402 g/mol. The molecule has 3 aromatic rings. The fraction of sp³-hybridized carbons (Fsp3) is 0.105. The molecule has 0 radical (unpaired) electrons. The Labute approximate surface area is 156 Å². The van der Waals surface area contributed by atoms with Gasteiger partial charge in [0.1, 0.15) is 12.2 Å². The summed E-state index contributed by atoms with van der Waals surface area (Å²) in [5.74, 6) is -2.00. The molecule has 3 rings (SSSR count). The fourth-order valence-electron chi connectivity index (χ4n) is 2.91. The topological polar surface area (TPSA) is 85.6 Å². The van der Waals surface area contributed by atoms with E-state index in [-0.39, 0.29) is 5.69 Å². The number of carboxylic acids is 1. The van der Waals surface area contributed by atoms with E-state index in [1.807, 2.05) is 6.07 Å². The Hall–Kier alpha value is -2.93. The first-order valence-electron chi connectivity index (χ1n) is 7.65. The highest BCUT2D eigenvalue weighted by molar-refractivity contribution is 9.10. The van der Waals surface area contributed by atoms with Crippen molar-refractivity contribution in [3.63, 3.8) is 0 Å². The van der Waals surface area contributed by atoms with Gasteiger partial charge in [-0.3, -0.25) is 14.2 Å². The normalized spacial score (nSPS) is 10.7. The molecule has 0 saturated carbocycles. The van der Waals surface area contributed by atoms with Crippen LogP contribution in [0.5, 0.6) is 0 Å². The van der Waals surface area contributed by atoms with Gasteiger partial charge in [-0.05, 0) is 29.1 Å². The summed E-state index contributed by atoms with van der Waals surface area (Å²) >= 11 is 3.38. The molecule has 0 saturated heterocycles. The summed E-state index contributed by atoms with van der Waals surface area (Å²) in [7, 11) is 1.19. The third kappa shape index (κ3) is 3.13. The van der Waals surface area contributed by atoms with E-state index in [1.165, 1.54) is 7.11 Å². The lowest BCUT2D eigenvalue weighted by Gasteiger charge is -2.17. The molecule has 7 heteroatoms. The lowest BCUT2D eigenvalue weighted by atomic mass is 9.96. The molecule has 0 aliphatic heterocycles. The van der Waals surface area contributed by atoms with Crippen LogP contribution in [0.25, 0.3) is 21.9 Å². The van der Waals surface area contributed by atoms with Gasteiger partial charge in [-0.2, -0.15) is 0 Å². The van der Waals surface area contributed by atoms with Crippen molar-refractivity contribution in [2.75, 3.05) is 7.11 Å². The number of ether oxygens (including phenoxy) is 1. The minimum absolute atomic E-state index is 0.0864. The second-order valence-electron chi connectivity index (χ2n) is 5.56.